The largest absolute Gasteiger partial charge is 0.358 e. The molecule has 0 aliphatic carbocycles. The standard InChI is InChI=1S/C24H23N7OS/c1-16-26-19-8-4-5-9-20(19)31(16)14-21(32)29-10-12-30(13-11-29)24-22(25-15-33-24)23-27-17-6-2-3-7-18(17)28-23/h2-9,15H,10-14H2,1H3,(H,27,28). The van der Waals surface area contributed by atoms with Crippen LogP contribution in [0.3, 0.4) is 0 Å². The summed E-state index contributed by atoms with van der Waals surface area (Å²) in [5.74, 6) is 1.78. The number of rotatable bonds is 4. The molecule has 1 fully saturated rings. The summed E-state index contributed by atoms with van der Waals surface area (Å²) >= 11 is 1.62. The number of aryl methyl sites for hydroxylation is 1. The van der Waals surface area contributed by atoms with Crippen LogP contribution in [0.2, 0.25) is 0 Å². The molecule has 0 radical (unpaired) electrons. The van der Waals surface area contributed by atoms with Crippen molar-refractivity contribution >= 4 is 44.3 Å². The molecule has 4 heterocycles. The number of benzene rings is 2. The summed E-state index contributed by atoms with van der Waals surface area (Å²) in [7, 11) is 0. The third kappa shape index (κ3) is 3.54. The Morgan fingerprint density at radius 3 is 2.58 bits per heavy atom. The molecule has 5 aromatic rings. The van der Waals surface area contributed by atoms with Gasteiger partial charge in [0, 0.05) is 26.2 Å². The van der Waals surface area contributed by atoms with Gasteiger partial charge in [0.25, 0.3) is 0 Å². The number of hydrogen-bond donors (Lipinski definition) is 1. The van der Waals surface area contributed by atoms with Gasteiger partial charge in [-0.2, -0.15) is 0 Å². The minimum atomic E-state index is 0.128. The Hall–Kier alpha value is -3.72. The zero-order chi connectivity index (χ0) is 22.4. The van der Waals surface area contributed by atoms with Crippen LogP contribution in [-0.2, 0) is 11.3 Å². The van der Waals surface area contributed by atoms with E-state index in [0.29, 0.717) is 19.6 Å². The highest BCUT2D eigenvalue weighted by molar-refractivity contribution is 7.14. The normalized spacial score (nSPS) is 14.5. The molecule has 8 nitrogen and oxygen atoms in total. The van der Waals surface area contributed by atoms with Crippen LogP contribution in [0.25, 0.3) is 33.6 Å². The molecule has 166 valence electrons. The number of nitrogens with zero attached hydrogens (tertiary/aromatic N) is 6. The Bertz CT molecular complexity index is 1430. The van der Waals surface area contributed by atoms with E-state index < -0.39 is 0 Å². The predicted molar refractivity (Wildman–Crippen MR) is 130 cm³/mol. The molecule has 0 bridgehead atoms. The first-order chi connectivity index (χ1) is 16.2. The van der Waals surface area contributed by atoms with E-state index in [2.05, 4.69) is 19.9 Å². The minimum absolute atomic E-state index is 0.128. The second-order valence-corrected chi connectivity index (χ2v) is 9.04. The third-order valence-electron chi connectivity index (χ3n) is 6.22. The van der Waals surface area contributed by atoms with Gasteiger partial charge in [-0.1, -0.05) is 24.3 Å². The molecule has 1 N–H and O–H groups in total. The van der Waals surface area contributed by atoms with Gasteiger partial charge in [-0.15, -0.1) is 11.3 Å². The number of imidazole rings is 2. The number of H-pyrrole nitrogens is 1. The first-order valence-corrected chi connectivity index (χ1v) is 11.9. The van der Waals surface area contributed by atoms with Gasteiger partial charge in [0.2, 0.25) is 5.91 Å². The molecule has 0 spiro atoms. The van der Waals surface area contributed by atoms with Gasteiger partial charge in [0.15, 0.2) is 5.82 Å². The average Bonchev–Trinajstić information content (AvgIpc) is 3.56. The molecule has 0 unspecified atom stereocenters. The lowest BCUT2D eigenvalue weighted by molar-refractivity contribution is -0.132. The van der Waals surface area contributed by atoms with Crippen LogP contribution >= 0.6 is 11.3 Å². The minimum Gasteiger partial charge on any atom is -0.358 e. The lowest BCUT2D eigenvalue weighted by Crippen LogP contribution is -2.49. The van der Waals surface area contributed by atoms with E-state index in [1.54, 1.807) is 11.3 Å². The van der Waals surface area contributed by atoms with Crippen LogP contribution in [-0.4, -0.2) is 61.5 Å². The lowest BCUT2D eigenvalue weighted by Gasteiger charge is -2.35. The van der Waals surface area contributed by atoms with E-state index in [0.717, 1.165) is 57.5 Å². The van der Waals surface area contributed by atoms with E-state index in [9.17, 15) is 4.79 Å². The van der Waals surface area contributed by atoms with Gasteiger partial charge >= 0.3 is 0 Å². The van der Waals surface area contributed by atoms with Crippen molar-refractivity contribution in [2.24, 2.45) is 0 Å². The topological polar surface area (TPSA) is 82.9 Å². The molecule has 0 atom stereocenters. The summed E-state index contributed by atoms with van der Waals surface area (Å²) in [4.78, 5) is 34.6. The van der Waals surface area contributed by atoms with Gasteiger partial charge in [-0.25, -0.2) is 15.0 Å². The maximum Gasteiger partial charge on any atom is 0.242 e. The SMILES string of the molecule is Cc1nc2ccccc2n1CC(=O)N1CCN(c2scnc2-c2nc3ccccc3[nH]2)CC1. The fraction of sp³-hybridized carbons (Fsp3) is 0.250. The van der Waals surface area contributed by atoms with E-state index in [-0.39, 0.29) is 5.91 Å². The van der Waals surface area contributed by atoms with Gasteiger partial charge in [-0.3, -0.25) is 4.79 Å². The highest BCUT2D eigenvalue weighted by Gasteiger charge is 2.26. The van der Waals surface area contributed by atoms with Gasteiger partial charge in [-0.05, 0) is 31.2 Å². The molecular formula is C24H23N7OS. The van der Waals surface area contributed by atoms with Crippen LogP contribution in [0, 0.1) is 6.92 Å². The number of piperazine rings is 1. The number of aromatic amines is 1. The fourth-order valence-corrected chi connectivity index (χ4v) is 5.33. The van der Waals surface area contributed by atoms with E-state index in [1.807, 2.05) is 70.4 Å². The summed E-state index contributed by atoms with van der Waals surface area (Å²) in [6, 6.07) is 16.0. The number of hydrogen-bond acceptors (Lipinski definition) is 6. The van der Waals surface area contributed by atoms with Gasteiger partial charge in [0.1, 0.15) is 23.1 Å². The number of fused-ring (bicyclic) bond motifs is 2. The first-order valence-electron chi connectivity index (χ1n) is 11.0. The number of aromatic nitrogens is 5. The number of nitrogens with one attached hydrogen (secondary N) is 1. The highest BCUT2D eigenvalue weighted by Crippen LogP contribution is 2.33. The second kappa shape index (κ2) is 8.00. The Morgan fingerprint density at radius 1 is 1.00 bits per heavy atom. The zero-order valence-electron chi connectivity index (χ0n) is 18.2. The number of carbonyl (C=O) groups is 1. The van der Waals surface area contributed by atoms with Crippen molar-refractivity contribution in [2.45, 2.75) is 13.5 Å². The molecule has 1 saturated heterocycles. The maximum absolute atomic E-state index is 13.1. The van der Waals surface area contributed by atoms with Crippen LogP contribution in [0.1, 0.15) is 5.82 Å². The summed E-state index contributed by atoms with van der Waals surface area (Å²) in [6.45, 7) is 5.17. The van der Waals surface area contributed by atoms with E-state index in [1.165, 1.54) is 0 Å². The van der Waals surface area contributed by atoms with Crippen molar-refractivity contribution < 1.29 is 4.79 Å². The quantitative estimate of drug-likeness (QED) is 0.445. The monoisotopic (exact) mass is 457 g/mol. The average molecular weight is 458 g/mol. The van der Waals surface area contributed by atoms with E-state index >= 15 is 0 Å². The second-order valence-electron chi connectivity index (χ2n) is 8.21. The Labute approximate surface area is 194 Å². The third-order valence-corrected chi connectivity index (χ3v) is 7.11. The molecule has 2 aromatic carbocycles. The van der Waals surface area contributed by atoms with Crippen LogP contribution in [0.5, 0.6) is 0 Å². The van der Waals surface area contributed by atoms with E-state index in [4.69, 9.17) is 4.98 Å². The number of carbonyl (C=O) groups excluding carboxylic acids is 1. The predicted octanol–water partition coefficient (Wildman–Crippen LogP) is 3.69. The summed E-state index contributed by atoms with van der Waals surface area (Å²) in [5, 5.41) is 1.10. The van der Waals surface area contributed by atoms with Crippen molar-refractivity contribution in [2.75, 3.05) is 31.1 Å². The number of para-hydroxylation sites is 4. The first kappa shape index (κ1) is 19.9. The summed E-state index contributed by atoms with van der Waals surface area (Å²) < 4.78 is 2.01. The van der Waals surface area contributed by atoms with Crippen molar-refractivity contribution in [1.29, 1.82) is 0 Å². The van der Waals surface area contributed by atoms with Crippen molar-refractivity contribution in [3.05, 3.63) is 59.9 Å². The van der Waals surface area contributed by atoms with Crippen LogP contribution in [0.15, 0.2) is 54.0 Å². The number of thiazole rings is 1. The summed E-state index contributed by atoms with van der Waals surface area (Å²) in [5.41, 5.74) is 6.60. The summed E-state index contributed by atoms with van der Waals surface area (Å²) in [6.07, 6.45) is 0. The molecule has 1 amide bonds. The molecule has 1 aliphatic rings. The highest BCUT2D eigenvalue weighted by atomic mass is 32.1. The van der Waals surface area contributed by atoms with Crippen molar-refractivity contribution in [3.8, 4) is 11.5 Å². The Balaban J connectivity index is 1.16. The number of amides is 1. The fourth-order valence-electron chi connectivity index (χ4n) is 4.48. The smallest absolute Gasteiger partial charge is 0.242 e. The van der Waals surface area contributed by atoms with Crippen molar-refractivity contribution in [3.63, 3.8) is 0 Å². The molecule has 6 rings (SSSR count). The lowest BCUT2D eigenvalue weighted by atomic mass is 10.3. The molecule has 33 heavy (non-hydrogen) atoms. The van der Waals surface area contributed by atoms with Gasteiger partial charge < -0.3 is 19.4 Å². The maximum atomic E-state index is 13.1. The molecule has 0 saturated carbocycles. The number of anilines is 1. The van der Waals surface area contributed by atoms with Crippen molar-refractivity contribution in [1.82, 2.24) is 29.4 Å². The molecule has 9 heteroatoms. The molecule has 1 aliphatic heterocycles. The van der Waals surface area contributed by atoms with Gasteiger partial charge in [0.05, 0.1) is 27.6 Å². The Morgan fingerprint density at radius 2 is 1.76 bits per heavy atom. The van der Waals surface area contributed by atoms with Crippen LogP contribution < -0.4 is 4.90 Å². The molecular weight excluding hydrogens is 434 g/mol. The zero-order valence-corrected chi connectivity index (χ0v) is 19.0. The van der Waals surface area contributed by atoms with Crippen LogP contribution in [0.4, 0.5) is 5.00 Å². The molecule has 3 aromatic heterocycles. The Kier molecular flexibility index (Phi) is 4.83.